The molecule has 0 saturated carbocycles. The smallest absolute Gasteiger partial charge is 0.407 e. The number of benzene rings is 2. The minimum absolute atomic E-state index is 0.199. The third-order valence-electron chi connectivity index (χ3n) is 3.40. The molecule has 26 heavy (non-hydrogen) atoms. The van der Waals surface area contributed by atoms with Gasteiger partial charge in [0.05, 0.1) is 0 Å². The van der Waals surface area contributed by atoms with Crippen LogP contribution in [0.25, 0.3) is 0 Å². The second-order valence-electron chi connectivity index (χ2n) is 5.49. The van der Waals surface area contributed by atoms with Crippen molar-refractivity contribution in [1.82, 2.24) is 10.6 Å². The molecule has 0 bridgehead atoms. The van der Waals surface area contributed by atoms with Crippen LogP contribution in [0.3, 0.4) is 0 Å². The summed E-state index contributed by atoms with van der Waals surface area (Å²) in [7, 11) is 0. The Morgan fingerprint density at radius 2 is 1.65 bits per heavy atom. The Labute approximate surface area is 157 Å². The molecule has 0 aliphatic carbocycles. The van der Waals surface area contributed by atoms with Crippen LogP contribution < -0.4 is 15.4 Å². The molecule has 0 heterocycles. The first-order valence-electron chi connectivity index (χ1n) is 8.19. The van der Waals surface area contributed by atoms with E-state index < -0.39 is 12.2 Å². The second kappa shape index (κ2) is 10.3. The van der Waals surface area contributed by atoms with Gasteiger partial charge in [-0.1, -0.05) is 41.9 Å². The first-order valence-corrected chi connectivity index (χ1v) is 8.57. The van der Waals surface area contributed by atoms with Gasteiger partial charge < -0.3 is 20.1 Å². The standard InChI is InChI=1S/C19H21ClN2O4/c1-14(26-17-9-7-16(20)8-10-17)18(23)21-11-12-22-19(24)25-13-15-5-3-2-4-6-15/h2-10,14H,11-13H2,1H3,(H,21,23)(H,22,24). The molecule has 2 N–H and O–H groups in total. The van der Waals surface area contributed by atoms with Crippen molar-refractivity contribution >= 4 is 23.6 Å². The summed E-state index contributed by atoms with van der Waals surface area (Å²) >= 11 is 5.80. The summed E-state index contributed by atoms with van der Waals surface area (Å²) in [5, 5.41) is 5.85. The Kier molecular flexibility index (Phi) is 7.76. The van der Waals surface area contributed by atoms with Crippen molar-refractivity contribution in [1.29, 1.82) is 0 Å². The lowest BCUT2D eigenvalue weighted by molar-refractivity contribution is -0.127. The van der Waals surface area contributed by atoms with Crippen LogP contribution in [-0.4, -0.2) is 31.2 Å². The minimum Gasteiger partial charge on any atom is -0.481 e. The normalized spacial score (nSPS) is 11.3. The lowest BCUT2D eigenvalue weighted by Gasteiger charge is -2.15. The lowest BCUT2D eigenvalue weighted by atomic mass is 10.2. The highest BCUT2D eigenvalue weighted by Gasteiger charge is 2.14. The van der Waals surface area contributed by atoms with E-state index in [0.29, 0.717) is 10.8 Å². The van der Waals surface area contributed by atoms with Crippen LogP contribution in [0.4, 0.5) is 4.79 Å². The van der Waals surface area contributed by atoms with E-state index in [2.05, 4.69) is 10.6 Å². The van der Waals surface area contributed by atoms with E-state index >= 15 is 0 Å². The number of halogens is 1. The molecule has 0 aliphatic rings. The number of carbonyl (C=O) groups excluding carboxylic acids is 2. The molecule has 2 aromatic carbocycles. The van der Waals surface area contributed by atoms with Crippen molar-refractivity contribution < 1.29 is 19.1 Å². The van der Waals surface area contributed by atoms with E-state index in [1.54, 1.807) is 31.2 Å². The topological polar surface area (TPSA) is 76.7 Å². The Balaban J connectivity index is 1.60. The Bertz CT molecular complexity index is 707. The molecular weight excluding hydrogens is 356 g/mol. The number of hydrogen-bond acceptors (Lipinski definition) is 4. The molecule has 0 radical (unpaired) electrons. The molecule has 0 saturated heterocycles. The fourth-order valence-electron chi connectivity index (χ4n) is 2.04. The summed E-state index contributed by atoms with van der Waals surface area (Å²) in [6.07, 6.45) is -1.20. The molecule has 0 aliphatic heterocycles. The average Bonchev–Trinajstić information content (AvgIpc) is 2.66. The first kappa shape index (κ1) is 19.6. The minimum atomic E-state index is -0.666. The molecule has 7 heteroatoms. The molecular formula is C19H21ClN2O4. The zero-order valence-electron chi connectivity index (χ0n) is 14.4. The summed E-state index contributed by atoms with van der Waals surface area (Å²) in [6, 6.07) is 16.1. The largest absolute Gasteiger partial charge is 0.481 e. The number of alkyl carbamates (subject to hydrolysis) is 1. The molecule has 138 valence electrons. The number of amides is 2. The molecule has 1 atom stereocenters. The number of rotatable bonds is 8. The summed E-state index contributed by atoms with van der Waals surface area (Å²) in [5.41, 5.74) is 0.907. The molecule has 2 amide bonds. The molecule has 2 aromatic rings. The number of nitrogens with one attached hydrogen (secondary N) is 2. The monoisotopic (exact) mass is 376 g/mol. The summed E-state index contributed by atoms with van der Waals surface area (Å²) < 4.78 is 10.6. The number of hydrogen-bond donors (Lipinski definition) is 2. The van der Waals surface area contributed by atoms with Gasteiger partial charge in [0.1, 0.15) is 12.4 Å². The maximum absolute atomic E-state index is 12.0. The van der Waals surface area contributed by atoms with Crippen LogP contribution in [-0.2, 0) is 16.1 Å². The van der Waals surface area contributed by atoms with Gasteiger partial charge in [-0.3, -0.25) is 4.79 Å². The van der Waals surface area contributed by atoms with E-state index in [-0.39, 0.29) is 25.6 Å². The Morgan fingerprint density at radius 1 is 1.00 bits per heavy atom. The molecule has 0 aromatic heterocycles. The van der Waals surface area contributed by atoms with Gasteiger partial charge in [-0.15, -0.1) is 0 Å². The predicted octanol–water partition coefficient (Wildman–Crippen LogP) is 3.15. The molecule has 2 rings (SSSR count). The average molecular weight is 377 g/mol. The van der Waals surface area contributed by atoms with E-state index in [9.17, 15) is 9.59 Å². The van der Waals surface area contributed by atoms with Crippen molar-refractivity contribution in [3.63, 3.8) is 0 Å². The maximum Gasteiger partial charge on any atom is 0.407 e. The summed E-state index contributed by atoms with van der Waals surface area (Å²) in [6.45, 7) is 2.37. The highest BCUT2D eigenvalue weighted by molar-refractivity contribution is 6.30. The third-order valence-corrected chi connectivity index (χ3v) is 3.65. The van der Waals surface area contributed by atoms with Gasteiger partial charge in [0, 0.05) is 18.1 Å². The SMILES string of the molecule is CC(Oc1ccc(Cl)cc1)C(=O)NCCNC(=O)OCc1ccccc1. The molecule has 0 spiro atoms. The van der Waals surface area contributed by atoms with Gasteiger partial charge in [0.2, 0.25) is 0 Å². The summed E-state index contributed by atoms with van der Waals surface area (Å²) in [4.78, 5) is 23.5. The van der Waals surface area contributed by atoms with Crippen LogP contribution in [0.1, 0.15) is 12.5 Å². The number of carbonyl (C=O) groups is 2. The van der Waals surface area contributed by atoms with Gasteiger partial charge in [0.25, 0.3) is 5.91 Å². The molecule has 1 unspecified atom stereocenters. The van der Waals surface area contributed by atoms with Crippen molar-refractivity contribution in [3.8, 4) is 5.75 Å². The van der Waals surface area contributed by atoms with Crippen molar-refractivity contribution in [2.45, 2.75) is 19.6 Å². The van der Waals surface area contributed by atoms with Gasteiger partial charge in [-0.25, -0.2) is 4.79 Å². The molecule has 6 nitrogen and oxygen atoms in total. The predicted molar refractivity (Wildman–Crippen MR) is 99.2 cm³/mol. The molecule has 0 fully saturated rings. The second-order valence-corrected chi connectivity index (χ2v) is 5.93. The van der Waals surface area contributed by atoms with E-state index in [4.69, 9.17) is 21.1 Å². The van der Waals surface area contributed by atoms with Crippen LogP contribution in [0.15, 0.2) is 54.6 Å². The van der Waals surface area contributed by atoms with E-state index in [1.165, 1.54) is 0 Å². The Hall–Kier alpha value is -2.73. The zero-order valence-corrected chi connectivity index (χ0v) is 15.2. The first-order chi connectivity index (χ1) is 12.5. The van der Waals surface area contributed by atoms with Gasteiger partial charge >= 0.3 is 6.09 Å². The maximum atomic E-state index is 12.0. The van der Waals surface area contributed by atoms with Gasteiger partial charge in [-0.2, -0.15) is 0 Å². The number of ether oxygens (including phenoxy) is 2. The van der Waals surface area contributed by atoms with Crippen LogP contribution in [0.2, 0.25) is 5.02 Å². The summed E-state index contributed by atoms with van der Waals surface area (Å²) in [5.74, 6) is 0.277. The van der Waals surface area contributed by atoms with Crippen molar-refractivity contribution in [3.05, 3.63) is 65.2 Å². The fraction of sp³-hybridized carbons (Fsp3) is 0.263. The van der Waals surface area contributed by atoms with E-state index in [0.717, 1.165) is 5.56 Å². The van der Waals surface area contributed by atoms with Crippen molar-refractivity contribution in [2.24, 2.45) is 0 Å². The third kappa shape index (κ3) is 7.03. The van der Waals surface area contributed by atoms with Crippen LogP contribution in [0, 0.1) is 0 Å². The van der Waals surface area contributed by atoms with Crippen LogP contribution in [0.5, 0.6) is 5.75 Å². The zero-order chi connectivity index (χ0) is 18.8. The fourth-order valence-corrected chi connectivity index (χ4v) is 2.16. The highest BCUT2D eigenvalue weighted by Crippen LogP contribution is 2.16. The highest BCUT2D eigenvalue weighted by atomic mass is 35.5. The van der Waals surface area contributed by atoms with Crippen molar-refractivity contribution in [2.75, 3.05) is 13.1 Å². The Morgan fingerprint density at radius 3 is 2.35 bits per heavy atom. The van der Waals surface area contributed by atoms with Crippen LogP contribution >= 0.6 is 11.6 Å². The quantitative estimate of drug-likeness (QED) is 0.694. The van der Waals surface area contributed by atoms with Gasteiger partial charge in [0.15, 0.2) is 6.10 Å². The lowest BCUT2D eigenvalue weighted by Crippen LogP contribution is -2.40. The van der Waals surface area contributed by atoms with E-state index in [1.807, 2.05) is 30.3 Å². The van der Waals surface area contributed by atoms with Gasteiger partial charge in [-0.05, 0) is 36.8 Å².